The van der Waals surface area contributed by atoms with Gasteiger partial charge in [0, 0.05) is 10.7 Å². The van der Waals surface area contributed by atoms with Gasteiger partial charge in [0.1, 0.15) is 12.2 Å². The molecule has 4 nitrogen and oxygen atoms in total. The van der Waals surface area contributed by atoms with Gasteiger partial charge < -0.3 is 4.74 Å². The number of esters is 1. The van der Waals surface area contributed by atoms with Gasteiger partial charge in [0.05, 0.1) is 0 Å². The average Bonchev–Trinajstić information content (AvgIpc) is 2.81. The van der Waals surface area contributed by atoms with Crippen molar-refractivity contribution in [3.63, 3.8) is 0 Å². The van der Waals surface area contributed by atoms with Crippen LogP contribution in [0.5, 0.6) is 0 Å². The molecule has 0 bridgehead atoms. The highest BCUT2D eigenvalue weighted by Gasteiger charge is 2.35. The molecule has 2 aromatic carbocycles. The average molecular weight is 539 g/mol. The van der Waals surface area contributed by atoms with E-state index in [0.29, 0.717) is 5.56 Å². The summed E-state index contributed by atoms with van der Waals surface area (Å²) in [6.45, 7) is 5.97. The maximum atomic E-state index is 13.8. The minimum Gasteiger partial charge on any atom is -0.457 e. The zero-order valence-corrected chi connectivity index (χ0v) is 21.6. The first kappa shape index (κ1) is 30.9. The minimum atomic E-state index is -5.12. The van der Waals surface area contributed by atoms with E-state index in [9.17, 15) is 30.8 Å². The van der Waals surface area contributed by atoms with E-state index in [2.05, 4.69) is 11.7 Å². The Kier molecular flexibility index (Phi) is 13.3. The van der Waals surface area contributed by atoms with Crippen molar-refractivity contribution in [2.45, 2.75) is 77.2 Å². The van der Waals surface area contributed by atoms with Gasteiger partial charge in [-0.3, -0.25) is 0 Å². The Balaban J connectivity index is 0.000000464. The molecular weight excluding hydrogens is 508 g/mol. The second kappa shape index (κ2) is 15.1. The molecule has 0 aliphatic heterocycles. The second-order valence-corrected chi connectivity index (χ2v) is 10.4. The molecule has 0 radical (unpaired) electrons. The summed E-state index contributed by atoms with van der Waals surface area (Å²) in [7, 11) is -0.388. The Bertz CT molecular complexity index is 1030. The van der Waals surface area contributed by atoms with Crippen molar-refractivity contribution >= 4 is 25.7 Å². The maximum absolute atomic E-state index is 13.8. The van der Waals surface area contributed by atoms with Crippen LogP contribution in [-0.2, 0) is 20.4 Å². The summed E-state index contributed by atoms with van der Waals surface area (Å²) in [5, 5.41) is 0. The highest BCUT2D eigenvalue weighted by Crippen LogP contribution is 2.30. The van der Waals surface area contributed by atoms with Crippen LogP contribution < -0.4 is 0 Å². The molecule has 35 heavy (non-hydrogen) atoms. The number of hydrogen-bond acceptors (Lipinski definition) is 4. The van der Waals surface area contributed by atoms with E-state index in [4.69, 9.17) is 10.7 Å². The van der Waals surface area contributed by atoms with E-state index < -0.39 is 55.4 Å². The summed E-state index contributed by atoms with van der Waals surface area (Å²) in [6, 6.07) is 7.93. The van der Waals surface area contributed by atoms with Gasteiger partial charge in [0.15, 0.2) is 28.2 Å². The number of rotatable bonds is 4. The molecule has 2 aromatic rings. The Morgan fingerprint density at radius 2 is 1.34 bits per heavy atom. The molecule has 0 saturated heterocycles. The fourth-order valence-electron chi connectivity index (χ4n) is 3.46. The fraction of sp³-hybridized carbons (Fsp3) is 0.480. The number of halogens is 5. The largest absolute Gasteiger partial charge is 0.457 e. The van der Waals surface area contributed by atoms with E-state index in [1.54, 1.807) is 18.2 Å². The van der Waals surface area contributed by atoms with Crippen LogP contribution in [0.1, 0.15) is 81.6 Å². The molecule has 0 heterocycles. The van der Waals surface area contributed by atoms with Gasteiger partial charge >= 0.3 is 5.97 Å². The van der Waals surface area contributed by atoms with Crippen molar-refractivity contribution in [3.05, 3.63) is 64.7 Å². The van der Waals surface area contributed by atoms with Crippen LogP contribution in [0.3, 0.4) is 0 Å². The Morgan fingerprint density at radius 1 is 0.886 bits per heavy atom. The molecule has 10 heteroatoms. The molecule has 3 rings (SSSR count). The van der Waals surface area contributed by atoms with E-state index in [1.165, 1.54) is 57.1 Å². The quantitative estimate of drug-likeness (QED) is 0.172. The van der Waals surface area contributed by atoms with Gasteiger partial charge in [-0.15, -0.1) is 0 Å². The summed E-state index contributed by atoms with van der Waals surface area (Å²) in [5.41, 5.74) is -1.24. The van der Waals surface area contributed by atoms with Crippen LogP contribution >= 0.6 is 10.7 Å². The molecule has 1 aliphatic carbocycles. The third kappa shape index (κ3) is 9.44. The van der Waals surface area contributed by atoms with Crippen LogP contribution in [0, 0.1) is 29.2 Å². The van der Waals surface area contributed by atoms with Crippen LogP contribution in [0.4, 0.5) is 17.6 Å². The van der Waals surface area contributed by atoms with E-state index in [-0.39, 0.29) is 0 Å². The molecule has 1 saturated carbocycles. The maximum Gasteiger partial charge on any atom is 0.344 e. The predicted octanol–water partition coefficient (Wildman–Crippen LogP) is 7.92. The molecular formula is C25H31ClF4O4S. The van der Waals surface area contributed by atoms with Crippen molar-refractivity contribution in [3.8, 4) is 0 Å². The first-order valence-corrected chi connectivity index (χ1v) is 13.9. The molecule has 0 spiro atoms. The van der Waals surface area contributed by atoms with Gasteiger partial charge in [0.2, 0.25) is 0 Å². The number of carbonyl (C=O) groups is 1. The van der Waals surface area contributed by atoms with E-state index >= 15 is 0 Å². The zero-order chi connectivity index (χ0) is 26.6. The molecule has 1 fully saturated rings. The lowest BCUT2D eigenvalue weighted by molar-refractivity contribution is 0.0458. The van der Waals surface area contributed by atoms with Gasteiger partial charge in [-0.25, -0.2) is 30.8 Å². The van der Waals surface area contributed by atoms with Gasteiger partial charge in [-0.1, -0.05) is 96.0 Å². The third-order valence-corrected chi connectivity index (χ3v) is 6.59. The molecule has 0 unspecified atom stereocenters. The molecule has 0 amide bonds. The van der Waals surface area contributed by atoms with Crippen LogP contribution in [0.2, 0.25) is 0 Å². The van der Waals surface area contributed by atoms with Crippen molar-refractivity contribution < 1.29 is 35.5 Å². The number of carbonyl (C=O) groups excluding carboxylic acids is 1. The SMILES string of the molecule is CC.CC1CCCCCCC1.O=C(OCc1ccccc1)c1c(F)c(F)c(S(=O)(=O)Cl)c(F)c1F. The summed E-state index contributed by atoms with van der Waals surface area (Å²) < 4.78 is 81.5. The number of benzene rings is 2. The lowest BCUT2D eigenvalue weighted by Crippen LogP contribution is -2.16. The summed E-state index contributed by atoms with van der Waals surface area (Å²) >= 11 is 0. The second-order valence-electron chi connectivity index (χ2n) is 7.91. The first-order chi connectivity index (χ1) is 16.5. The van der Waals surface area contributed by atoms with Gasteiger partial charge in [-0.2, -0.15) is 0 Å². The van der Waals surface area contributed by atoms with Gasteiger partial charge in [0.25, 0.3) is 9.05 Å². The lowest BCUT2D eigenvalue weighted by atomic mass is 9.93. The van der Waals surface area contributed by atoms with Crippen molar-refractivity contribution in [1.29, 1.82) is 0 Å². The monoisotopic (exact) mass is 538 g/mol. The number of hydrogen-bond donors (Lipinski definition) is 0. The van der Waals surface area contributed by atoms with Crippen LogP contribution in [0.15, 0.2) is 35.2 Å². The smallest absolute Gasteiger partial charge is 0.344 e. The van der Waals surface area contributed by atoms with Crippen molar-refractivity contribution in [2.24, 2.45) is 5.92 Å². The highest BCUT2D eigenvalue weighted by molar-refractivity contribution is 8.13. The summed E-state index contributed by atoms with van der Waals surface area (Å²) in [4.78, 5) is 9.69. The molecule has 0 N–H and O–H groups in total. The Labute approximate surface area is 209 Å². The van der Waals surface area contributed by atoms with Crippen LogP contribution in [-0.4, -0.2) is 14.4 Å². The van der Waals surface area contributed by atoms with Crippen molar-refractivity contribution in [2.75, 3.05) is 0 Å². The standard InChI is InChI=1S/C14H7ClF4O4S.C9H18.C2H6/c15-24(21,22)13-11(18)9(16)8(10(17)12(13)19)14(20)23-6-7-4-2-1-3-5-7;1-9-7-5-3-2-4-6-8-9;1-2/h1-5H,6H2;9H,2-8H2,1H3;1-2H3. The van der Waals surface area contributed by atoms with Gasteiger partial charge in [-0.05, 0) is 11.5 Å². The number of ether oxygens (including phenoxy) is 1. The third-order valence-electron chi connectivity index (χ3n) is 5.28. The Morgan fingerprint density at radius 3 is 1.80 bits per heavy atom. The molecule has 1 aliphatic rings. The fourth-order valence-corrected chi connectivity index (χ4v) is 4.47. The summed E-state index contributed by atoms with van der Waals surface area (Å²) in [5.74, 6) is -9.74. The highest BCUT2D eigenvalue weighted by atomic mass is 35.7. The normalized spacial score (nSPS) is 14.4. The Hall–Kier alpha value is -2.13. The van der Waals surface area contributed by atoms with Crippen molar-refractivity contribution in [1.82, 2.24) is 0 Å². The van der Waals surface area contributed by atoms with E-state index in [1.807, 2.05) is 13.8 Å². The minimum absolute atomic E-state index is 0.419. The first-order valence-electron chi connectivity index (χ1n) is 11.6. The van der Waals surface area contributed by atoms with Crippen LogP contribution in [0.25, 0.3) is 0 Å². The lowest BCUT2D eigenvalue weighted by Gasteiger charge is -2.13. The predicted molar refractivity (Wildman–Crippen MR) is 128 cm³/mol. The molecule has 0 aromatic heterocycles. The molecule has 196 valence electrons. The summed E-state index contributed by atoms with van der Waals surface area (Å²) in [6.07, 6.45) is 10.4. The zero-order valence-electron chi connectivity index (χ0n) is 20.1. The molecule has 0 atom stereocenters. The topological polar surface area (TPSA) is 60.4 Å². The van der Waals surface area contributed by atoms with E-state index in [0.717, 1.165) is 5.92 Å².